The summed E-state index contributed by atoms with van der Waals surface area (Å²) in [6, 6.07) is 8.66. The minimum Gasteiger partial charge on any atom is -0.0877 e. The first-order valence-electron chi connectivity index (χ1n) is 7.17. The van der Waals surface area contributed by atoms with Gasteiger partial charge in [-0.15, -0.1) is 0 Å². The first-order chi connectivity index (χ1) is 9.15. The van der Waals surface area contributed by atoms with Crippen molar-refractivity contribution in [3.8, 4) is 0 Å². The molecule has 102 valence electrons. The SMILES string of the molecule is C/C=C\C=C(/C)C(CC)/C(=C/C)c1ccccc1C. The van der Waals surface area contributed by atoms with Gasteiger partial charge in [0, 0.05) is 5.92 Å². The molecule has 19 heavy (non-hydrogen) atoms. The fraction of sp³-hybridized carbons (Fsp3) is 0.368. The Balaban J connectivity index is 3.18. The van der Waals surface area contributed by atoms with Crippen molar-refractivity contribution in [1.29, 1.82) is 0 Å². The highest BCUT2D eigenvalue weighted by Crippen LogP contribution is 2.33. The van der Waals surface area contributed by atoms with Crippen LogP contribution in [0.15, 0.2) is 54.1 Å². The predicted octanol–water partition coefficient (Wildman–Crippen LogP) is 5.95. The first kappa shape index (κ1) is 15.5. The molecule has 1 atom stereocenters. The number of hydrogen-bond donors (Lipinski definition) is 0. The van der Waals surface area contributed by atoms with E-state index in [9.17, 15) is 0 Å². The number of rotatable bonds is 5. The summed E-state index contributed by atoms with van der Waals surface area (Å²) in [4.78, 5) is 0. The Labute approximate surface area is 118 Å². The van der Waals surface area contributed by atoms with Crippen LogP contribution in [-0.2, 0) is 0 Å². The largest absolute Gasteiger partial charge is 0.0877 e. The zero-order valence-electron chi connectivity index (χ0n) is 12.9. The average Bonchev–Trinajstić information content (AvgIpc) is 2.43. The third-order valence-electron chi connectivity index (χ3n) is 3.65. The van der Waals surface area contributed by atoms with E-state index < -0.39 is 0 Å². The van der Waals surface area contributed by atoms with E-state index in [2.05, 4.69) is 83.2 Å². The molecule has 0 bridgehead atoms. The van der Waals surface area contributed by atoms with E-state index in [1.807, 2.05) is 0 Å². The second-order valence-corrected chi connectivity index (χ2v) is 4.96. The molecule has 0 aliphatic carbocycles. The van der Waals surface area contributed by atoms with E-state index in [1.54, 1.807) is 0 Å². The summed E-state index contributed by atoms with van der Waals surface area (Å²) >= 11 is 0. The minimum absolute atomic E-state index is 0.502. The third-order valence-corrected chi connectivity index (χ3v) is 3.65. The van der Waals surface area contributed by atoms with Crippen molar-refractivity contribution in [2.24, 2.45) is 5.92 Å². The van der Waals surface area contributed by atoms with E-state index in [4.69, 9.17) is 0 Å². The summed E-state index contributed by atoms with van der Waals surface area (Å²) in [6.45, 7) is 10.9. The van der Waals surface area contributed by atoms with E-state index in [-0.39, 0.29) is 0 Å². The van der Waals surface area contributed by atoms with Crippen LogP contribution in [-0.4, -0.2) is 0 Å². The summed E-state index contributed by atoms with van der Waals surface area (Å²) in [6.07, 6.45) is 9.84. The molecule has 1 unspecified atom stereocenters. The minimum atomic E-state index is 0.502. The second kappa shape index (κ2) is 7.78. The molecular weight excluding hydrogens is 228 g/mol. The molecule has 0 saturated carbocycles. The Bertz CT molecular complexity index is 487. The van der Waals surface area contributed by atoms with Gasteiger partial charge in [0.05, 0.1) is 0 Å². The molecule has 1 aromatic rings. The lowest BCUT2D eigenvalue weighted by atomic mass is 9.83. The lowest BCUT2D eigenvalue weighted by Gasteiger charge is -2.21. The molecule has 0 aromatic heterocycles. The standard InChI is InChI=1S/C19H26/c1-6-9-12-15(4)17(7-2)18(8-3)19-14-11-10-13-16(19)5/h6,8-14,17H,7H2,1-5H3/b9-6-,15-12+,18-8-. The Morgan fingerprint density at radius 2 is 1.89 bits per heavy atom. The van der Waals surface area contributed by atoms with Crippen LogP contribution in [0.5, 0.6) is 0 Å². The number of hydrogen-bond acceptors (Lipinski definition) is 0. The van der Waals surface area contributed by atoms with Crippen molar-refractivity contribution in [2.75, 3.05) is 0 Å². The third kappa shape index (κ3) is 3.96. The lowest BCUT2D eigenvalue weighted by Crippen LogP contribution is -2.05. The summed E-state index contributed by atoms with van der Waals surface area (Å²) < 4.78 is 0. The first-order valence-corrected chi connectivity index (χ1v) is 7.17. The molecule has 0 heteroatoms. The van der Waals surface area contributed by atoms with Gasteiger partial charge >= 0.3 is 0 Å². The van der Waals surface area contributed by atoms with E-state index in [0.717, 1.165) is 6.42 Å². The normalized spacial score (nSPS) is 15.0. The quantitative estimate of drug-likeness (QED) is 0.570. The van der Waals surface area contributed by atoms with Crippen molar-refractivity contribution < 1.29 is 0 Å². The van der Waals surface area contributed by atoms with Crippen LogP contribution in [0, 0.1) is 12.8 Å². The fourth-order valence-electron chi connectivity index (χ4n) is 2.59. The zero-order valence-corrected chi connectivity index (χ0v) is 12.9. The van der Waals surface area contributed by atoms with Gasteiger partial charge in [-0.1, -0.05) is 61.1 Å². The number of benzene rings is 1. The van der Waals surface area contributed by atoms with Crippen LogP contribution >= 0.6 is 0 Å². The smallest absolute Gasteiger partial charge is 0.00486 e. The fourth-order valence-corrected chi connectivity index (χ4v) is 2.59. The Kier molecular flexibility index (Phi) is 6.35. The Hall–Kier alpha value is -1.56. The van der Waals surface area contributed by atoms with Crippen LogP contribution in [0.25, 0.3) is 5.57 Å². The van der Waals surface area contributed by atoms with Gasteiger partial charge in [0.1, 0.15) is 0 Å². The molecule has 0 radical (unpaired) electrons. The summed E-state index contributed by atoms with van der Waals surface area (Å²) in [5.74, 6) is 0.502. The van der Waals surface area contributed by atoms with E-state index >= 15 is 0 Å². The zero-order chi connectivity index (χ0) is 14.3. The molecule has 0 heterocycles. The Morgan fingerprint density at radius 3 is 2.42 bits per heavy atom. The molecule has 1 aromatic carbocycles. The maximum absolute atomic E-state index is 2.27. The molecule has 0 fully saturated rings. The van der Waals surface area contributed by atoms with Gasteiger partial charge in [-0.3, -0.25) is 0 Å². The van der Waals surface area contributed by atoms with Gasteiger partial charge in [-0.2, -0.15) is 0 Å². The van der Waals surface area contributed by atoms with Crippen LogP contribution in [0.4, 0.5) is 0 Å². The van der Waals surface area contributed by atoms with Gasteiger partial charge in [-0.25, -0.2) is 0 Å². The summed E-state index contributed by atoms with van der Waals surface area (Å²) in [7, 11) is 0. The molecule has 1 rings (SSSR count). The summed E-state index contributed by atoms with van der Waals surface area (Å²) in [5.41, 5.74) is 5.61. The predicted molar refractivity (Wildman–Crippen MR) is 87.2 cm³/mol. The average molecular weight is 254 g/mol. The van der Waals surface area contributed by atoms with Crippen LogP contribution in [0.3, 0.4) is 0 Å². The number of allylic oxidation sites excluding steroid dienone is 6. The van der Waals surface area contributed by atoms with Gasteiger partial charge in [0.15, 0.2) is 0 Å². The van der Waals surface area contributed by atoms with Crippen LogP contribution in [0.1, 0.15) is 45.2 Å². The molecular formula is C19H26. The van der Waals surface area contributed by atoms with Crippen molar-refractivity contribution in [1.82, 2.24) is 0 Å². The highest BCUT2D eigenvalue weighted by atomic mass is 14.2. The molecule has 0 nitrogen and oxygen atoms in total. The molecule has 0 aliphatic heterocycles. The van der Waals surface area contributed by atoms with Crippen LogP contribution in [0.2, 0.25) is 0 Å². The van der Waals surface area contributed by atoms with E-state index in [0.29, 0.717) is 5.92 Å². The van der Waals surface area contributed by atoms with Crippen molar-refractivity contribution in [2.45, 2.75) is 41.0 Å². The molecule has 0 amide bonds. The maximum Gasteiger partial charge on any atom is 0.00486 e. The monoisotopic (exact) mass is 254 g/mol. The highest BCUT2D eigenvalue weighted by Gasteiger charge is 2.16. The van der Waals surface area contributed by atoms with Gasteiger partial charge < -0.3 is 0 Å². The van der Waals surface area contributed by atoms with Crippen molar-refractivity contribution in [3.63, 3.8) is 0 Å². The van der Waals surface area contributed by atoms with Gasteiger partial charge in [0.2, 0.25) is 0 Å². The van der Waals surface area contributed by atoms with Crippen molar-refractivity contribution >= 4 is 5.57 Å². The molecule has 0 aliphatic rings. The lowest BCUT2D eigenvalue weighted by molar-refractivity contribution is 0.744. The van der Waals surface area contributed by atoms with Gasteiger partial charge in [0.25, 0.3) is 0 Å². The van der Waals surface area contributed by atoms with Gasteiger partial charge in [-0.05, 0) is 50.8 Å². The molecule has 0 saturated heterocycles. The molecule has 0 N–H and O–H groups in total. The van der Waals surface area contributed by atoms with E-state index in [1.165, 1.54) is 22.3 Å². The molecule has 0 spiro atoms. The summed E-state index contributed by atoms with van der Waals surface area (Å²) in [5, 5.41) is 0. The maximum atomic E-state index is 2.27. The van der Waals surface area contributed by atoms with Crippen molar-refractivity contribution in [3.05, 3.63) is 65.3 Å². The topological polar surface area (TPSA) is 0 Å². The number of aryl methyl sites for hydroxylation is 1. The second-order valence-electron chi connectivity index (χ2n) is 4.96. The van der Waals surface area contributed by atoms with Crippen LogP contribution < -0.4 is 0 Å². The Morgan fingerprint density at radius 1 is 1.21 bits per heavy atom. The highest BCUT2D eigenvalue weighted by molar-refractivity contribution is 5.71.